The Bertz CT molecular complexity index is 847. The molecule has 2 aromatic rings. The van der Waals surface area contributed by atoms with E-state index in [1.807, 2.05) is 18.2 Å². The van der Waals surface area contributed by atoms with Gasteiger partial charge in [-0.15, -0.1) is 0 Å². The van der Waals surface area contributed by atoms with Crippen LogP contribution < -0.4 is 5.56 Å². The Morgan fingerprint density at radius 1 is 1.08 bits per heavy atom. The highest BCUT2D eigenvalue weighted by atomic mass is 16.1. The average Bonchev–Trinajstić information content (AvgIpc) is 2.56. The van der Waals surface area contributed by atoms with Crippen molar-refractivity contribution in [3.63, 3.8) is 0 Å². The number of aromatic nitrogens is 2. The second-order valence-electron chi connectivity index (χ2n) is 8.32. The van der Waals surface area contributed by atoms with Crippen LogP contribution in [-0.4, -0.2) is 15.3 Å². The van der Waals surface area contributed by atoms with E-state index in [1.54, 1.807) is 12.4 Å². The summed E-state index contributed by atoms with van der Waals surface area (Å²) in [5.74, 6) is 2.49. The zero-order valence-electron chi connectivity index (χ0n) is 13.8. The van der Waals surface area contributed by atoms with Crippen LogP contribution in [0.5, 0.6) is 0 Å². The molecule has 4 saturated carbocycles. The Balaban J connectivity index is 1.47. The van der Waals surface area contributed by atoms with Crippen LogP contribution in [0.25, 0.3) is 10.9 Å². The number of para-hydroxylation sites is 1. The zero-order chi connectivity index (χ0) is 16.3. The highest BCUT2D eigenvalue weighted by Gasteiger charge is 2.54. The summed E-state index contributed by atoms with van der Waals surface area (Å²) in [6, 6.07) is 7.34. The van der Waals surface area contributed by atoms with E-state index >= 15 is 0 Å². The van der Waals surface area contributed by atoms with Crippen LogP contribution >= 0.6 is 0 Å². The molecule has 1 aromatic carbocycles. The lowest BCUT2D eigenvalue weighted by molar-refractivity contribution is -0.144. The van der Waals surface area contributed by atoms with Gasteiger partial charge in [0.15, 0.2) is 5.78 Å². The Morgan fingerprint density at radius 2 is 1.71 bits per heavy atom. The molecule has 1 aromatic heterocycles. The monoisotopic (exact) mass is 322 g/mol. The van der Waals surface area contributed by atoms with Crippen molar-refractivity contribution in [2.24, 2.45) is 23.2 Å². The molecule has 0 amide bonds. The number of ketones is 1. The summed E-state index contributed by atoms with van der Waals surface area (Å²) >= 11 is 0. The topological polar surface area (TPSA) is 52.0 Å². The number of carbonyl (C=O) groups is 1. The van der Waals surface area contributed by atoms with E-state index in [2.05, 4.69) is 4.98 Å². The van der Waals surface area contributed by atoms with Crippen molar-refractivity contribution in [1.82, 2.24) is 9.55 Å². The fourth-order valence-electron chi connectivity index (χ4n) is 5.99. The molecule has 4 nitrogen and oxygen atoms in total. The molecule has 4 aliphatic carbocycles. The molecule has 0 saturated heterocycles. The molecule has 0 N–H and O–H groups in total. The molecule has 4 bridgehead atoms. The van der Waals surface area contributed by atoms with E-state index in [9.17, 15) is 9.59 Å². The van der Waals surface area contributed by atoms with Crippen LogP contribution in [-0.2, 0) is 11.3 Å². The van der Waals surface area contributed by atoms with Crippen molar-refractivity contribution in [3.05, 3.63) is 40.9 Å². The molecule has 24 heavy (non-hydrogen) atoms. The predicted octanol–water partition coefficient (Wildman–Crippen LogP) is 3.18. The van der Waals surface area contributed by atoms with Gasteiger partial charge in [0.25, 0.3) is 5.56 Å². The van der Waals surface area contributed by atoms with Gasteiger partial charge in [0.1, 0.15) is 0 Å². The third-order valence-corrected chi connectivity index (χ3v) is 6.68. The number of nitrogens with zero attached hydrogens (tertiary/aromatic N) is 2. The van der Waals surface area contributed by atoms with Crippen molar-refractivity contribution < 1.29 is 4.79 Å². The van der Waals surface area contributed by atoms with Gasteiger partial charge >= 0.3 is 0 Å². The molecule has 0 unspecified atom stereocenters. The van der Waals surface area contributed by atoms with E-state index in [-0.39, 0.29) is 23.3 Å². The summed E-state index contributed by atoms with van der Waals surface area (Å²) < 4.78 is 1.52. The summed E-state index contributed by atoms with van der Waals surface area (Å²) in [4.78, 5) is 30.2. The minimum Gasteiger partial charge on any atom is -0.297 e. The number of benzene rings is 1. The first kappa shape index (κ1) is 14.4. The molecule has 124 valence electrons. The number of hydrogen-bond donors (Lipinski definition) is 0. The van der Waals surface area contributed by atoms with Crippen LogP contribution in [0.15, 0.2) is 35.4 Å². The second kappa shape index (κ2) is 5.01. The maximum absolute atomic E-state index is 13.2. The minimum absolute atomic E-state index is 0.0984. The van der Waals surface area contributed by atoms with E-state index in [4.69, 9.17) is 0 Å². The molecule has 4 heteroatoms. The Morgan fingerprint density at radius 3 is 2.38 bits per heavy atom. The van der Waals surface area contributed by atoms with Gasteiger partial charge in [-0.1, -0.05) is 12.1 Å². The third kappa shape index (κ3) is 2.08. The fraction of sp³-hybridized carbons (Fsp3) is 0.550. The SMILES string of the molecule is O=C(Cn1cnc2ccccc2c1=O)C12CC3CC(CC(C3)C1)C2. The Hall–Kier alpha value is -1.97. The van der Waals surface area contributed by atoms with Crippen LogP contribution in [0.2, 0.25) is 0 Å². The summed E-state index contributed by atoms with van der Waals surface area (Å²) in [6.07, 6.45) is 8.66. The summed E-state index contributed by atoms with van der Waals surface area (Å²) in [5, 5.41) is 0.596. The quantitative estimate of drug-likeness (QED) is 0.872. The molecular formula is C20H22N2O2. The maximum Gasteiger partial charge on any atom is 0.261 e. The van der Waals surface area contributed by atoms with Crippen molar-refractivity contribution in [3.8, 4) is 0 Å². The van der Waals surface area contributed by atoms with Crippen LogP contribution in [0, 0.1) is 23.2 Å². The maximum atomic E-state index is 13.2. The first-order valence-corrected chi connectivity index (χ1v) is 9.10. The Labute approximate surface area is 140 Å². The zero-order valence-corrected chi connectivity index (χ0v) is 13.8. The fourth-order valence-corrected chi connectivity index (χ4v) is 5.99. The van der Waals surface area contributed by atoms with Crippen molar-refractivity contribution >= 4 is 16.7 Å². The number of fused-ring (bicyclic) bond motifs is 1. The number of rotatable bonds is 3. The highest BCUT2D eigenvalue weighted by Crippen LogP contribution is 2.60. The molecule has 0 aliphatic heterocycles. The lowest BCUT2D eigenvalue weighted by Crippen LogP contribution is -2.51. The molecule has 0 atom stereocenters. The number of hydrogen-bond acceptors (Lipinski definition) is 3. The van der Waals surface area contributed by atoms with E-state index in [0.717, 1.165) is 37.0 Å². The minimum atomic E-state index is -0.153. The van der Waals surface area contributed by atoms with E-state index in [1.165, 1.54) is 23.8 Å². The van der Waals surface area contributed by atoms with Gasteiger partial charge < -0.3 is 0 Å². The smallest absolute Gasteiger partial charge is 0.261 e. The predicted molar refractivity (Wildman–Crippen MR) is 91.6 cm³/mol. The lowest BCUT2D eigenvalue weighted by atomic mass is 9.48. The highest BCUT2D eigenvalue weighted by molar-refractivity contribution is 5.85. The van der Waals surface area contributed by atoms with E-state index < -0.39 is 0 Å². The van der Waals surface area contributed by atoms with Gasteiger partial charge in [0.05, 0.1) is 23.8 Å². The van der Waals surface area contributed by atoms with Gasteiger partial charge in [-0.05, 0) is 68.4 Å². The van der Waals surface area contributed by atoms with E-state index in [0.29, 0.717) is 10.9 Å². The standard InChI is InChI=1S/C20H22N2O2/c23-18(20-8-13-5-14(9-20)7-15(6-13)10-20)11-22-12-21-17-4-2-1-3-16(17)19(22)24/h1-4,12-15H,5-11H2. The van der Waals surface area contributed by atoms with Crippen LogP contribution in [0.4, 0.5) is 0 Å². The number of Topliss-reactive ketones (excluding diaryl/α,β-unsaturated/α-hetero) is 1. The first-order chi connectivity index (χ1) is 11.6. The Kier molecular flexibility index (Phi) is 3.00. The van der Waals surface area contributed by atoms with Crippen LogP contribution in [0.1, 0.15) is 38.5 Å². The molecular weight excluding hydrogens is 300 g/mol. The van der Waals surface area contributed by atoms with Crippen LogP contribution in [0.3, 0.4) is 0 Å². The molecule has 0 radical (unpaired) electrons. The van der Waals surface area contributed by atoms with Gasteiger partial charge in [0, 0.05) is 5.41 Å². The third-order valence-electron chi connectivity index (χ3n) is 6.68. The summed E-state index contributed by atoms with van der Waals surface area (Å²) in [5.41, 5.74) is 0.444. The second-order valence-corrected chi connectivity index (χ2v) is 8.32. The summed E-state index contributed by atoms with van der Waals surface area (Å²) in [7, 11) is 0. The number of carbonyl (C=O) groups excluding carboxylic acids is 1. The first-order valence-electron chi connectivity index (χ1n) is 9.10. The average molecular weight is 322 g/mol. The van der Waals surface area contributed by atoms with Crippen molar-refractivity contribution in [2.75, 3.05) is 0 Å². The largest absolute Gasteiger partial charge is 0.297 e. The summed E-state index contributed by atoms with van der Waals surface area (Å²) in [6.45, 7) is 0.183. The molecule has 4 aliphatic rings. The van der Waals surface area contributed by atoms with Crippen molar-refractivity contribution in [1.29, 1.82) is 0 Å². The molecule has 4 fully saturated rings. The molecule has 6 rings (SSSR count). The van der Waals surface area contributed by atoms with Crippen molar-refractivity contribution in [2.45, 2.75) is 45.1 Å². The molecule has 0 spiro atoms. The van der Waals surface area contributed by atoms with Gasteiger partial charge in [0.2, 0.25) is 0 Å². The normalized spacial score (nSPS) is 33.9. The van der Waals surface area contributed by atoms with Gasteiger partial charge in [-0.25, -0.2) is 4.98 Å². The lowest BCUT2D eigenvalue weighted by Gasteiger charge is -2.56. The molecule has 1 heterocycles. The van der Waals surface area contributed by atoms with Gasteiger partial charge in [-0.3, -0.25) is 14.2 Å². The van der Waals surface area contributed by atoms with Gasteiger partial charge in [-0.2, -0.15) is 0 Å².